The summed E-state index contributed by atoms with van der Waals surface area (Å²) in [6.45, 7) is 4.24. The van der Waals surface area contributed by atoms with Crippen LogP contribution in [0.3, 0.4) is 0 Å². The topological polar surface area (TPSA) is 176 Å². The number of aromatic nitrogens is 4. The second-order valence-electron chi connectivity index (χ2n) is 10.0. The third kappa shape index (κ3) is 8.84. The first kappa shape index (κ1) is 34.4. The average molecular weight is 668 g/mol. The summed E-state index contributed by atoms with van der Waals surface area (Å²) in [5.74, 6) is -2.84. The van der Waals surface area contributed by atoms with Crippen LogP contribution in [0, 0.1) is 0 Å². The first-order chi connectivity index (χ1) is 21.9. The van der Waals surface area contributed by atoms with E-state index in [4.69, 9.17) is 14.2 Å². The number of hydrogen-bond donors (Lipinski definition) is 3. The van der Waals surface area contributed by atoms with Crippen molar-refractivity contribution >= 4 is 58.2 Å². The molecule has 0 unspecified atom stereocenters. The minimum absolute atomic E-state index is 0.0916. The molecule has 3 aromatic rings. The molecule has 3 N–H and O–H groups in total. The van der Waals surface area contributed by atoms with E-state index in [0.29, 0.717) is 35.6 Å². The van der Waals surface area contributed by atoms with Gasteiger partial charge in [-0.15, -0.1) is 0 Å². The summed E-state index contributed by atoms with van der Waals surface area (Å²) in [7, 11) is 0. The number of anilines is 2. The van der Waals surface area contributed by atoms with E-state index < -0.39 is 48.6 Å². The Morgan fingerprint density at radius 3 is 2.37 bits per heavy atom. The molecule has 1 aliphatic rings. The number of hydrogen-bond acceptors (Lipinski definition) is 12. The lowest BCUT2D eigenvalue weighted by molar-refractivity contribution is -0.173. The molecule has 4 atom stereocenters. The largest absolute Gasteiger partial charge is 0.471 e. The lowest BCUT2D eigenvalue weighted by Crippen LogP contribution is -2.40. The Kier molecular flexibility index (Phi) is 11.4. The van der Waals surface area contributed by atoms with Crippen molar-refractivity contribution in [3.63, 3.8) is 0 Å². The van der Waals surface area contributed by atoms with Crippen molar-refractivity contribution in [2.45, 2.75) is 64.5 Å². The van der Waals surface area contributed by atoms with Crippen molar-refractivity contribution in [3.05, 3.63) is 42.5 Å². The Hall–Kier alpha value is -4.45. The van der Waals surface area contributed by atoms with Crippen molar-refractivity contribution in [1.29, 1.82) is 0 Å². The molecule has 0 saturated carbocycles. The van der Waals surface area contributed by atoms with E-state index in [0.717, 1.165) is 17.3 Å². The predicted molar refractivity (Wildman–Crippen MR) is 159 cm³/mol. The van der Waals surface area contributed by atoms with Crippen LogP contribution in [-0.2, 0) is 39.9 Å². The molecule has 4 rings (SSSR count). The minimum Gasteiger partial charge on any atom is -0.456 e. The summed E-state index contributed by atoms with van der Waals surface area (Å²) in [5.41, 5.74) is 2.27. The number of nitrogens with one attached hydrogen (secondary N) is 3. The van der Waals surface area contributed by atoms with Gasteiger partial charge in [-0.3, -0.25) is 23.7 Å². The number of carbonyl (C=O) groups is 4. The van der Waals surface area contributed by atoms with Gasteiger partial charge in [-0.1, -0.05) is 19.1 Å². The van der Waals surface area contributed by atoms with Crippen molar-refractivity contribution in [1.82, 2.24) is 24.8 Å². The lowest BCUT2D eigenvalue weighted by atomic mass is 10.1. The zero-order valence-electron chi connectivity index (χ0n) is 25.0. The fraction of sp³-hybridized carbons (Fsp3) is 0.464. The lowest BCUT2D eigenvalue weighted by Gasteiger charge is -2.23. The molecular formula is C28H32F3N7O7S. The van der Waals surface area contributed by atoms with Crippen molar-refractivity contribution < 1.29 is 46.6 Å². The molecular weight excluding hydrogens is 635 g/mol. The van der Waals surface area contributed by atoms with Gasteiger partial charge >= 0.3 is 24.0 Å². The third-order valence-corrected chi connectivity index (χ3v) is 7.67. The number of rotatable bonds is 13. The fourth-order valence-corrected chi connectivity index (χ4v) is 5.48. The van der Waals surface area contributed by atoms with Crippen LogP contribution in [0.4, 0.5) is 24.7 Å². The van der Waals surface area contributed by atoms with E-state index in [2.05, 4.69) is 25.6 Å². The molecule has 0 radical (unpaired) electrons. The number of carbonyl (C=O) groups excluding carboxylic acids is 4. The first-order valence-electron chi connectivity index (χ1n) is 14.1. The van der Waals surface area contributed by atoms with E-state index in [1.807, 2.05) is 12.1 Å². The van der Waals surface area contributed by atoms with Crippen LogP contribution in [0.1, 0.15) is 39.0 Å². The maximum Gasteiger partial charge on any atom is 0.471 e. The standard InChI is InChI=1S/C28H32F3N7O7S/c1-4-20(41)37-18-7-5-17(6-8-18)11-33-24-21-25(35-13-34-24)38(14-36-21)26-23(44-16(3)40)22(43-15(2)39)19(45-26)12-46-10-9-32-27(42)28(29,30)31/h5-8,13-14,19,22-23,26H,4,9-12H2,1-3H3,(H,32,42)(H,37,41)(H,33,34,35)/t19-,22-,23-,26-/m1/s1. The average Bonchev–Trinajstić information content (AvgIpc) is 3.57. The highest BCUT2D eigenvalue weighted by Crippen LogP contribution is 2.37. The summed E-state index contributed by atoms with van der Waals surface area (Å²) in [5, 5.41) is 7.78. The summed E-state index contributed by atoms with van der Waals surface area (Å²) in [6, 6.07) is 7.27. The Balaban J connectivity index is 1.50. The van der Waals surface area contributed by atoms with Crippen LogP contribution in [0.2, 0.25) is 0 Å². The SMILES string of the molecule is CCC(=O)Nc1ccc(CNc2ncnc3c2ncn3[C@@H]2O[C@H](CSCCNC(=O)C(F)(F)F)[C@@H](OC(C)=O)[C@H]2OC(C)=O)cc1. The number of alkyl halides is 3. The van der Waals surface area contributed by atoms with Gasteiger partial charge in [0.25, 0.3) is 0 Å². The van der Waals surface area contributed by atoms with E-state index in [9.17, 15) is 32.3 Å². The maximum atomic E-state index is 12.5. The van der Waals surface area contributed by atoms with Gasteiger partial charge in [0, 0.05) is 50.6 Å². The van der Waals surface area contributed by atoms with E-state index in [-0.39, 0.29) is 24.0 Å². The third-order valence-electron chi connectivity index (χ3n) is 6.61. The molecule has 2 aromatic heterocycles. The molecule has 1 saturated heterocycles. The van der Waals surface area contributed by atoms with Crippen LogP contribution < -0.4 is 16.0 Å². The highest BCUT2D eigenvalue weighted by atomic mass is 32.2. The monoisotopic (exact) mass is 667 g/mol. The van der Waals surface area contributed by atoms with E-state index >= 15 is 0 Å². The Morgan fingerprint density at radius 2 is 1.72 bits per heavy atom. The van der Waals surface area contributed by atoms with Gasteiger partial charge in [0.05, 0.1) is 6.33 Å². The number of halogens is 3. The Bertz CT molecular complexity index is 1550. The number of benzene rings is 1. The molecule has 0 aliphatic carbocycles. The molecule has 14 nitrogen and oxygen atoms in total. The zero-order valence-corrected chi connectivity index (χ0v) is 25.8. The summed E-state index contributed by atoms with van der Waals surface area (Å²) < 4.78 is 56.1. The van der Waals surface area contributed by atoms with Gasteiger partial charge in [0.2, 0.25) is 5.91 Å². The molecule has 3 heterocycles. The molecule has 1 aliphatic heterocycles. The molecule has 0 spiro atoms. The maximum absolute atomic E-state index is 12.5. The number of ether oxygens (including phenoxy) is 3. The summed E-state index contributed by atoms with van der Waals surface area (Å²) in [4.78, 5) is 59.8. The van der Waals surface area contributed by atoms with Crippen LogP contribution in [0.25, 0.3) is 11.2 Å². The van der Waals surface area contributed by atoms with E-state index in [1.165, 1.54) is 31.1 Å². The molecule has 0 bridgehead atoms. The van der Waals surface area contributed by atoms with Gasteiger partial charge in [-0.25, -0.2) is 15.0 Å². The van der Waals surface area contributed by atoms with Crippen molar-refractivity contribution in [2.75, 3.05) is 28.7 Å². The summed E-state index contributed by atoms with van der Waals surface area (Å²) >= 11 is 1.15. The van der Waals surface area contributed by atoms with Gasteiger partial charge in [-0.05, 0) is 17.7 Å². The van der Waals surface area contributed by atoms with Crippen LogP contribution in [0.5, 0.6) is 0 Å². The number of amides is 2. The summed E-state index contributed by atoms with van der Waals surface area (Å²) in [6.07, 6.45) is -5.95. The number of fused-ring (bicyclic) bond motifs is 1. The van der Waals surface area contributed by atoms with Gasteiger partial charge in [-0.2, -0.15) is 24.9 Å². The highest BCUT2D eigenvalue weighted by Gasteiger charge is 2.50. The van der Waals surface area contributed by atoms with Gasteiger partial charge in [0.15, 0.2) is 35.4 Å². The van der Waals surface area contributed by atoms with E-state index in [1.54, 1.807) is 24.4 Å². The molecule has 1 aromatic carbocycles. The number of nitrogens with zero attached hydrogens (tertiary/aromatic N) is 4. The highest BCUT2D eigenvalue weighted by molar-refractivity contribution is 7.99. The Morgan fingerprint density at radius 1 is 1.02 bits per heavy atom. The molecule has 1 fully saturated rings. The van der Waals surface area contributed by atoms with Crippen molar-refractivity contribution in [3.8, 4) is 0 Å². The second-order valence-corrected chi connectivity index (χ2v) is 11.2. The first-order valence-corrected chi connectivity index (χ1v) is 15.3. The second kappa shape index (κ2) is 15.2. The van der Waals surface area contributed by atoms with Crippen molar-refractivity contribution in [2.24, 2.45) is 0 Å². The number of imidazole rings is 1. The molecule has 248 valence electrons. The molecule has 2 amide bonds. The van der Waals surface area contributed by atoms with Gasteiger partial charge < -0.3 is 30.2 Å². The zero-order chi connectivity index (χ0) is 33.4. The molecule has 46 heavy (non-hydrogen) atoms. The van der Waals surface area contributed by atoms with Gasteiger partial charge in [0.1, 0.15) is 12.4 Å². The smallest absolute Gasteiger partial charge is 0.456 e. The fourth-order valence-electron chi connectivity index (χ4n) is 4.56. The van der Waals surface area contributed by atoms with Crippen LogP contribution in [-0.4, -0.2) is 85.8 Å². The van der Waals surface area contributed by atoms with Crippen LogP contribution in [0.15, 0.2) is 36.9 Å². The predicted octanol–water partition coefficient (Wildman–Crippen LogP) is 2.96. The minimum atomic E-state index is -4.99. The molecule has 18 heteroatoms. The van der Waals surface area contributed by atoms with Crippen LogP contribution >= 0.6 is 11.8 Å². The normalized spacial score (nSPS) is 19.4. The Labute approximate surface area is 265 Å². The number of esters is 2. The number of thioether (sulfide) groups is 1. The quantitative estimate of drug-likeness (QED) is 0.180.